The topological polar surface area (TPSA) is 141 Å². The van der Waals surface area contributed by atoms with Gasteiger partial charge >= 0.3 is 18.6 Å². The first-order chi connectivity index (χ1) is 19.5. The van der Waals surface area contributed by atoms with Crippen molar-refractivity contribution in [3.05, 3.63) is 54.2 Å². The molecule has 1 aromatic heterocycles. The molecule has 4 heterocycles. The number of carbonyl (C=O) groups excluding carboxylic acids is 4. The zero-order chi connectivity index (χ0) is 29.5. The van der Waals surface area contributed by atoms with Crippen molar-refractivity contribution in [1.82, 2.24) is 10.3 Å². The monoisotopic (exact) mass is 565 g/mol. The summed E-state index contributed by atoms with van der Waals surface area (Å²) in [6.45, 7) is 2.93. The molecule has 0 spiro atoms. The van der Waals surface area contributed by atoms with Gasteiger partial charge in [-0.05, 0) is 37.2 Å². The molecule has 0 bridgehead atoms. The van der Waals surface area contributed by atoms with Gasteiger partial charge in [0.2, 0.25) is 0 Å². The standard InChI is InChI=1S/C29H36BN3O8/c1-17(2)13-20(30-33(4)23(28(37)40-30)15-39-16-24(33)29(38)41-30)14-25(35)26(18(3)34)32-27(36)22-12-8-11-21(31-22)19-9-6-5-7-10-19/h5-12,17-18,20,23-24,26,34H,13-16H2,1-4H3,(H,32,36)/t18-,20-,23-,24+,26+,30?,33?/m1/s1. The fourth-order valence-corrected chi connectivity index (χ4v) is 6.72. The van der Waals surface area contributed by atoms with Crippen molar-refractivity contribution in [3.63, 3.8) is 0 Å². The van der Waals surface area contributed by atoms with Crippen LogP contribution in [0, 0.1) is 5.92 Å². The molecule has 7 atom stereocenters. The lowest BCUT2D eigenvalue weighted by Crippen LogP contribution is -2.72. The summed E-state index contributed by atoms with van der Waals surface area (Å²) in [6, 6.07) is 11.7. The Hall–Kier alpha value is -3.61. The summed E-state index contributed by atoms with van der Waals surface area (Å²) in [6.07, 6.45) is -0.985. The Morgan fingerprint density at radius 1 is 1.02 bits per heavy atom. The number of ether oxygens (including phenoxy) is 1. The number of Topliss-reactive ketones (excluding diaryl/α,β-unsaturated/α-hetero) is 1. The Morgan fingerprint density at radius 3 is 2.24 bits per heavy atom. The van der Waals surface area contributed by atoms with Gasteiger partial charge in [0.05, 0.1) is 11.8 Å². The van der Waals surface area contributed by atoms with Crippen LogP contribution < -0.4 is 5.32 Å². The number of aromatic nitrogens is 1. The van der Waals surface area contributed by atoms with Crippen molar-refractivity contribution in [2.24, 2.45) is 5.92 Å². The Balaban J connectivity index is 1.40. The third kappa shape index (κ3) is 4.94. The van der Waals surface area contributed by atoms with E-state index in [1.165, 1.54) is 13.0 Å². The highest BCUT2D eigenvalue weighted by molar-refractivity contribution is 6.68. The maximum atomic E-state index is 13.8. The summed E-state index contributed by atoms with van der Waals surface area (Å²) < 4.78 is 17.3. The number of likely N-dealkylation sites (N-methyl/N-ethyl adjacent to an activating group) is 1. The zero-order valence-corrected chi connectivity index (χ0v) is 23.7. The molecule has 3 aliphatic rings. The van der Waals surface area contributed by atoms with Crippen LogP contribution in [0.25, 0.3) is 11.3 Å². The third-order valence-corrected chi connectivity index (χ3v) is 8.78. The lowest BCUT2D eigenvalue weighted by Gasteiger charge is -2.51. The molecule has 12 heteroatoms. The molecule has 0 radical (unpaired) electrons. The van der Waals surface area contributed by atoms with Gasteiger partial charge in [-0.1, -0.05) is 56.7 Å². The molecule has 0 aliphatic carbocycles. The first-order valence-electron chi connectivity index (χ1n) is 14.1. The van der Waals surface area contributed by atoms with Gasteiger partial charge in [0.15, 0.2) is 17.9 Å². The minimum absolute atomic E-state index is 0.0664. The predicted octanol–water partition coefficient (Wildman–Crippen LogP) is 1.87. The van der Waals surface area contributed by atoms with Crippen molar-refractivity contribution < 1.29 is 42.7 Å². The summed E-state index contributed by atoms with van der Waals surface area (Å²) in [5.74, 6) is -2.71. The molecular formula is C29H36BN3O8. The van der Waals surface area contributed by atoms with E-state index < -0.39 is 60.4 Å². The average Bonchev–Trinajstić information content (AvgIpc) is 3.31. The molecule has 218 valence electrons. The molecule has 2 unspecified atom stereocenters. The van der Waals surface area contributed by atoms with Crippen LogP contribution in [0.5, 0.6) is 0 Å². The van der Waals surface area contributed by atoms with Gasteiger partial charge < -0.3 is 28.9 Å². The highest BCUT2D eigenvalue weighted by Gasteiger charge is 2.77. The number of nitrogens with one attached hydrogen (secondary N) is 1. The van der Waals surface area contributed by atoms with Crippen LogP contribution in [0.15, 0.2) is 48.5 Å². The molecule has 3 saturated heterocycles. The molecule has 2 aromatic rings. The van der Waals surface area contributed by atoms with Crippen LogP contribution in [0.2, 0.25) is 5.82 Å². The molecule has 3 aliphatic heterocycles. The SMILES string of the molecule is CC(C)C[C@H](CC(=O)[C@@H](NC(=O)c1cccc(-c2ccccc2)n1)[C@@H](C)O)[B-]12OC(=O)[C@H]3COC[C@@H](C(=O)O1)[N+]32C. The number of pyridine rings is 1. The minimum Gasteiger partial charge on any atom is -0.600 e. The molecule has 2 N–H and O–H groups in total. The van der Waals surface area contributed by atoms with Crippen molar-refractivity contribution >= 4 is 30.3 Å². The summed E-state index contributed by atoms with van der Waals surface area (Å²) in [5, 5.41) is 13.2. The quantitative estimate of drug-likeness (QED) is 0.413. The highest BCUT2D eigenvalue weighted by atomic mass is 16.7. The van der Waals surface area contributed by atoms with E-state index in [9.17, 15) is 24.3 Å². The number of aliphatic hydroxyl groups is 1. The maximum absolute atomic E-state index is 13.8. The smallest absolute Gasteiger partial charge is 0.587 e. The molecule has 11 nitrogen and oxygen atoms in total. The van der Waals surface area contributed by atoms with Gasteiger partial charge in [0.25, 0.3) is 5.91 Å². The van der Waals surface area contributed by atoms with E-state index in [0.29, 0.717) is 12.1 Å². The molecule has 1 aromatic carbocycles. The van der Waals surface area contributed by atoms with Crippen molar-refractivity contribution in [2.45, 2.75) is 63.7 Å². The van der Waals surface area contributed by atoms with Crippen LogP contribution in [-0.2, 0) is 28.4 Å². The maximum Gasteiger partial charge on any atom is 0.587 e. The van der Waals surface area contributed by atoms with E-state index in [2.05, 4.69) is 10.3 Å². The predicted molar refractivity (Wildman–Crippen MR) is 148 cm³/mol. The summed E-state index contributed by atoms with van der Waals surface area (Å²) in [7, 11) is 1.77. The minimum atomic E-state index is -2.60. The Morgan fingerprint density at radius 2 is 1.66 bits per heavy atom. The van der Waals surface area contributed by atoms with E-state index in [1.807, 2.05) is 44.2 Å². The largest absolute Gasteiger partial charge is 0.600 e. The number of aliphatic hydroxyl groups excluding tert-OH is 1. The number of rotatable bonds is 10. The van der Waals surface area contributed by atoms with Gasteiger partial charge in [0.1, 0.15) is 24.9 Å². The van der Waals surface area contributed by atoms with E-state index >= 15 is 0 Å². The van der Waals surface area contributed by atoms with Crippen molar-refractivity contribution in [3.8, 4) is 11.3 Å². The zero-order valence-electron chi connectivity index (χ0n) is 23.7. The van der Waals surface area contributed by atoms with Gasteiger partial charge in [-0.3, -0.25) is 9.59 Å². The number of carbonyl (C=O) groups is 4. The van der Waals surface area contributed by atoms with Crippen LogP contribution in [0.1, 0.15) is 44.1 Å². The van der Waals surface area contributed by atoms with Crippen LogP contribution in [0.3, 0.4) is 0 Å². The van der Waals surface area contributed by atoms with Gasteiger partial charge in [-0.15, -0.1) is 0 Å². The number of quaternary nitrogens is 1. The van der Waals surface area contributed by atoms with E-state index in [0.717, 1.165) is 5.56 Å². The van der Waals surface area contributed by atoms with Crippen molar-refractivity contribution in [2.75, 3.05) is 20.3 Å². The second-order valence-electron chi connectivity index (χ2n) is 11.9. The fourth-order valence-electron chi connectivity index (χ4n) is 6.72. The first kappa shape index (κ1) is 28.9. The number of morpholine rings is 1. The average molecular weight is 565 g/mol. The highest BCUT2D eigenvalue weighted by Crippen LogP contribution is 2.52. The van der Waals surface area contributed by atoms with Crippen molar-refractivity contribution in [1.29, 1.82) is 0 Å². The van der Waals surface area contributed by atoms with E-state index in [1.54, 1.807) is 19.2 Å². The first-order valence-corrected chi connectivity index (χ1v) is 14.1. The van der Waals surface area contributed by atoms with Crippen LogP contribution >= 0.6 is 0 Å². The lowest BCUT2D eigenvalue weighted by atomic mass is 9.51. The van der Waals surface area contributed by atoms with Gasteiger partial charge in [-0.25, -0.2) is 14.6 Å². The number of hydrogen-bond donors (Lipinski definition) is 2. The second-order valence-corrected chi connectivity index (χ2v) is 11.9. The lowest BCUT2D eigenvalue weighted by molar-refractivity contribution is -0.854. The fraction of sp³-hybridized carbons (Fsp3) is 0.483. The van der Waals surface area contributed by atoms with Gasteiger partial charge in [-0.2, -0.15) is 0 Å². The number of hydrogen-bond acceptors (Lipinski definition) is 9. The number of benzene rings is 1. The molecule has 41 heavy (non-hydrogen) atoms. The Bertz CT molecular complexity index is 1320. The number of ketones is 1. The molecule has 5 rings (SSSR count). The van der Waals surface area contributed by atoms with Crippen LogP contribution in [-0.4, -0.2) is 89.3 Å². The van der Waals surface area contributed by atoms with E-state index in [-0.39, 0.29) is 35.6 Å². The summed E-state index contributed by atoms with van der Waals surface area (Å²) in [4.78, 5) is 57.4. The summed E-state index contributed by atoms with van der Waals surface area (Å²) in [5.41, 5.74) is 1.52. The Labute approximate surface area is 238 Å². The number of nitrogens with zero attached hydrogens (tertiary/aromatic N) is 2. The summed E-state index contributed by atoms with van der Waals surface area (Å²) >= 11 is 0. The number of amides is 1. The Kier molecular flexibility index (Phi) is 7.75. The second kappa shape index (κ2) is 11.0. The molecule has 0 saturated carbocycles. The van der Waals surface area contributed by atoms with Crippen LogP contribution in [0.4, 0.5) is 0 Å². The normalized spacial score (nSPS) is 28.8. The molecule has 3 fully saturated rings. The third-order valence-electron chi connectivity index (χ3n) is 8.78. The van der Waals surface area contributed by atoms with E-state index in [4.69, 9.17) is 14.0 Å². The van der Waals surface area contributed by atoms with Gasteiger partial charge in [0, 0.05) is 12.6 Å². The molecule has 1 amide bonds. The molecular weight excluding hydrogens is 529 g/mol.